The van der Waals surface area contributed by atoms with E-state index in [4.69, 9.17) is 4.74 Å². The Morgan fingerprint density at radius 2 is 1.70 bits per heavy atom. The zero-order valence-electron chi connectivity index (χ0n) is 13.5. The molecular formula is C18H23NO3S. The molecule has 0 spiro atoms. The summed E-state index contributed by atoms with van der Waals surface area (Å²) in [6.07, 6.45) is 1.77. The molecule has 124 valence electrons. The largest absolute Gasteiger partial charge is 0.484 e. The lowest BCUT2D eigenvalue weighted by Gasteiger charge is -2.18. The number of hydrogen-bond donors (Lipinski definition) is 1. The van der Waals surface area contributed by atoms with E-state index in [9.17, 15) is 8.42 Å². The van der Waals surface area contributed by atoms with Gasteiger partial charge < -0.3 is 10.1 Å². The summed E-state index contributed by atoms with van der Waals surface area (Å²) in [5.41, 5.74) is 1.99. The van der Waals surface area contributed by atoms with E-state index < -0.39 is 9.84 Å². The van der Waals surface area contributed by atoms with E-state index in [0.717, 1.165) is 17.0 Å². The van der Waals surface area contributed by atoms with Crippen LogP contribution in [-0.2, 0) is 9.84 Å². The molecule has 4 nitrogen and oxygen atoms in total. The molecule has 1 unspecified atom stereocenters. The summed E-state index contributed by atoms with van der Waals surface area (Å²) in [5, 5.41) is 3.25. The van der Waals surface area contributed by atoms with E-state index in [1.807, 2.05) is 61.5 Å². The van der Waals surface area contributed by atoms with Crippen LogP contribution in [0, 0.1) is 0 Å². The molecule has 23 heavy (non-hydrogen) atoms. The Balaban J connectivity index is 1.97. The smallest absolute Gasteiger partial charge is 0.147 e. The lowest BCUT2D eigenvalue weighted by Crippen LogP contribution is -2.11. The maximum atomic E-state index is 11.2. The molecule has 0 aliphatic rings. The van der Waals surface area contributed by atoms with Crippen molar-refractivity contribution in [3.05, 3.63) is 60.2 Å². The van der Waals surface area contributed by atoms with Gasteiger partial charge in [0, 0.05) is 12.8 Å². The van der Waals surface area contributed by atoms with Crippen molar-refractivity contribution in [1.29, 1.82) is 0 Å². The van der Waals surface area contributed by atoms with Crippen LogP contribution >= 0.6 is 0 Å². The highest BCUT2D eigenvalue weighted by atomic mass is 32.2. The Morgan fingerprint density at radius 1 is 1.04 bits per heavy atom. The highest BCUT2D eigenvalue weighted by Crippen LogP contribution is 2.28. The highest BCUT2D eigenvalue weighted by Gasteiger charge is 2.10. The molecule has 1 N–H and O–H groups in total. The molecule has 0 heterocycles. The predicted octanol–water partition coefficient (Wildman–Crippen LogP) is 3.67. The second kappa shape index (κ2) is 8.02. The minimum absolute atomic E-state index is 0.0600. The predicted molar refractivity (Wildman–Crippen MR) is 94.7 cm³/mol. The van der Waals surface area contributed by atoms with Crippen molar-refractivity contribution in [3.63, 3.8) is 0 Å². The van der Waals surface area contributed by atoms with Crippen LogP contribution in [0.1, 0.15) is 25.0 Å². The van der Waals surface area contributed by atoms with Crippen LogP contribution in [0.25, 0.3) is 0 Å². The molecule has 0 saturated carbocycles. The lowest BCUT2D eigenvalue weighted by molar-refractivity contribution is 0.228. The Morgan fingerprint density at radius 3 is 2.39 bits per heavy atom. The van der Waals surface area contributed by atoms with E-state index in [2.05, 4.69) is 5.32 Å². The van der Waals surface area contributed by atoms with E-state index >= 15 is 0 Å². The molecule has 0 aromatic heterocycles. The van der Waals surface area contributed by atoms with Gasteiger partial charge in [-0.15, -0.1) is 0 Å². The number of nitrogens with one attached hydrogen (secondary N) is 1. The second-order valence-corrected chi connectivity index (χ2v) is 7.84. The van der Waals surface area contributed by atoms with E-state index in [-0.39, 0.29) is 11.9 Å². The van der Waals surface area contributed by atoms with Gasteiger partial charge in [0.25, 0.3) is 0 Å². The van der Waals surface area contributed by atoms with Crippen LogP contribution in [0.2, 0.25) is 0 Å². The Labute approximate surface area is 138 Å². The molecular weight excluding hydrogens is 310 g/mol. The maximum Gasteiger partial charge on any atom is 0.147 e. The van der Waals surface area contributed by atoms with Gasteiger partial charge in [-0.2, -0.15) is 0 Å². The average molecular weight is 333 g/mol. The zero-order chi connectivity index (χ0) is 16.7. The first-order valence-electron chi connectivity index (χ1n) is 7.68. The number of ether oxygens (including phenoxy) is 1. The Kier molecular flexibility index (Phi) is 6.04. The van der Waals surface area contributed by atoms with Gasteiger partial charge in [-0.25, -0.2) is 8.42 Å². The number of benzene rings is 2. The first-order chi connectivity index (χ1) is 11.0. The van der Waals surface area contributed by atoms with Gasteiger partial charge in [-0.05, 0) is 31.0 Å². The van der Waals surface area contributed by atoms with Gasteiger partial charge in [-0.1, -0.05) is 42.5 Å². The molecule has 5 heteroatoms. The third-order valence-corrected chi connectivity index (χ3v) is 4.50. The summed E-state index contributed by atoms with van der Waals surface area (Å²) in [4.78, 5) is 0. The van der Waals surface area contributed by atoms with Crippen molar-refractivity contribution in [2.24, 2.45) is 0 Å². The van der Waals surface area contributed by atoms with Gasteiger partial charge in [0.15, 0.2) is 0 Å². The van der Waals surface area contributed by atoms with Gasteiger partial charge in [0.2, 0.25) is 0 Å². The molecule has 0 fully saturated rings. The van der Waals surface area contributed by atoms with Gasteiger partial charge >= 0.3 is 0 Å². The van der Waals surface area contributed by atoms with Gasteiger partial charge in [-0.3, -0.25) is 0 Å². The minimum Gasteiger partial charge on any atom is -0.484 e. The average Bonchev–Trinajstić information content (AvgIpc) is 2.53. The molecule has 0 saturated heterocycles. The summed E-state index contributed by atoms with van der Waals surface area (Å²) >= 11 is 0. The number of para-hydroxylation sites is 2. The standard InChI is InChI=1S/C18H23NO3S/c1-15(16-9-4-3-5-10-16)22-18-12-7-6-11-17(18)19-13-8-14-23(2,20)21/h3-7,9-12,15,19H,8,13-14H2,1-2H3. The first-order valence-corrected chi connectivity index (χ1v) is 9.74. The SMILES string of the molecule is CC(Oc1ccccc1NCCCS(C)(=O)=O)c1ccccc1. The Bertz CT molecular complexity index is 714. The van der Waals surface area contributed by atoms with Gasteiger partial charge in [0.1, 0.15) is 21.7 Å². The van der Waals surface area contributed by atoms with E-state index in [0.29, 0.717) is 13.0 Å². The summed E-state index contributed by atoms with van der Waals surface area (Å²) in [6.45, 7) is 2.60. The highest BCUT2D eigenvalue weighted by molar-refractivity contribution is 7.90. The maximum absolute atomic E-state index is 11.2. The van der Waals surface area contributed by atoms with E-state index in [1.165, 1.54) is 6.26 Å². The van der Waals surface area contributed by atoms with Crippen molar-refractivity contribution in [2.75, 3.05) is 23.9 Å². The monoisotopic (exact) mass is 333 g/mol. The van der Waals surface area contributed by atoms with Gasteiger partial charge in [0.05, 0.1) is 11.4 Å². The lowest BCUT2D eigenvalue weighted by atomic mass is 10.1. The number of hydrogen-bond acceptors (Lipinski definition) is 4. The van der Waals surface area contributed by atoms with Crippen LogP contribution in [0.15, 0.2) is 54.6 Å². The van der Waals surface area contributed by atoms with E-state index in [1.54, 1.807) is 0 Å². The van der Waals surface area contributed by atoms with Crippen molar-refractivity contribution in [3.8, 4) is 5.75 Å². The quantitative estimate of drug-likeness (QED) is 0.749. The number of rotatable bonds is 8. The fourth-order valence-corrected chi connectivity index (χ4v) is 2.92. The van der Waals surface area contributed by atoms with Crippen molar-refractivity contribution in [2.45, 2.75) is 19.4 Å². The molecule has 0 aliphatic heterocycles. The molecule has 1 atom stereocenters. The minimum atomic E-state index is -2.91. The topological polar surface area (TPSA) is 55.4 Å². The molecule has 0 radical (unpaired) electrons. The summed E-state index contributed by atoms with van der Waals surface area (Å²) < 4.78 is 28.4. The van der Waals surface area contributed by atoms with Crippen molar-refractivity contribution >= 4 is 15.5 Å². The third-order valence-electron chi connectivity index (χ3n) is 3.47. The third kappa shape index (κ3) is 5.94. The summed E-state index contributed by atoms with van der Waals surface area (Å²) in [6, 6.07) is 17.7. The first kappa shape index (κ1) is 17.3. The zero-order valence-corrected chi connectivity index (χ0v) is 14.3. The normalized spacial score (nSPS) is 12.6. The fourth-order valence-electron chi connectivity index (χ4n) is 2.26. The fraction of sp³-hybridized carbons (Fsp3) is 0.333. The van der Waals surface area contributed by atoms with Crippen molar-refractivity contribution in [1.82, 2.24) is 0 Å². The van der Waals surface area contributed by atoms with Crippen LogP contribution < -0.4 is 10.1 Å². The second-order valence-electron chi connectivity index (χ2n) is 5.58. The molecule has 0 amide bonds. The molecule has 2 rings (SSSR count). The summed E-state index contributed by atoms with van der Waals surface area (Å²) in [7, 11) is -2.91. The van der Waals surface area contributed by atoms with Crippen LogP contribution in [-0.4, -0.2) is 27.0 Å². The molecule has 2 aromatic rings. The van der Waals surface area contributed by atoms with Crippen LogP contribution in [0.5, 0.6) is 5.75 Å². The van der Waals surface area contributed by atoms with Crippen molar-refractivity contribution < 1.29 is 13.2 Å². The molecule has 2 aromatic carbocycles. The molecule has 0 aliphatic carbocycles. The number of anilines is 1. The summed E-state index contributed by atoms with van der Waals surface area (Å²) in [5.74, 6) is 0.951. The molecule has 0 bridgehead atoms. The Hall–Kier alpha value is -2.01. The number of sulfone groups is 1. The van der Waals surface area contributed by atoms with Crippen LogP contribution in [0.4, 0.5) is 5.69 Å². The van der Waals surface area contributed by atoms with Crippen LogP contribution in [0.3, 0.4) is 0 Å².